The molecular formula is C19H19BrN2O5S. The molecule has 1 atom stereocenters. The van der Waals surface area contributed by atoms with Crippen molar-refractivity contribution >= 4 is 49.1 Å². The lowest BCUT2D eigenvalue weighted by Gasteiger charge is -2.40. The van der Waals surface area contributed by atoms with Gasteiger partial charge in [-0.15, -0.1) is 0 Å². The molecule has 0 unspecified atom stereocenters. The van der Waals surface area contributed by atoms with Gasteiger partial charge in [0.2, 0.25) is 5.91 Å². The molecule has 2 aromatic carbocycles. The van der Waals surface area contributed by atoms with Gasteiger partial charge in [0.05, 0.1) is 22.3 Å². The third-order valence-electron chi connectivity index (χ3n) is 4.67. The highest BCUT2D eigenvalue weighted by Gasteiger charge is 2.34. The van der Waals surface area contributed by atoms with Crippen LogP contribution in [-0.4, -0.2) is 44.4 Å². The molecule has 1 N–H and O–H groups in total. The summed E-state index contributed by atoms with van der Waals surface area (Å²) in [6, 6.07) is 9.48. The maximum Gasteiger partial charge on any atom is 0.411 e. The van der Waals surface area contributed by atoms with Gasteiger partial charge < -0.3 is 10.0 Å². The lowest BCUT2D eigenvalue weighted by Crippen LogP contribution is -2.51. The van der Waals surface area contributed by atoms with E-state index in [1.807, 2.05) is 0 Å². The fraction of sp³-hybridized carbons (Fsp3) is 0.263. The number of halogens is 1. The van der Waals surface area contributed by atoms with Gasteiger partial charge in [-0.1, -0.05) is 28.1 Å². The molecule has 148 valence electrons. The van der Waals surface area contributed by atoms with Crippen LogP contribution in [0.4, 0.5) is 16.2 Å². The van der Waals surface area contributed by atoms with Crippen molar-refractivity contribution in [3.63, 3.8) is 0 Å². The van der Waals surface area contributed by atoms with Crippen LogP contribution in [0, 0.1) is 0 Å². The third kappa shape index (κ3) is 3.64. The largest absolute Gasteiger partial charge is 0.465 e. The van der Waals surface area contributed by atoms with Crippen LogP contribution in [0.25, 0.3) is 11.1 Å². The van der Waals surface area contributed by atoms with E-state index in [9.17, 15) is 23.1 Å². The Hall–Kier alpha value is -2.39. The first-order valence-corrected chi connectivity index (χ1v) is 11.1. The molecule has 1 heterocycles. The molecule has 2 aromatic rings. The van der Waals surface area contributed by atoms with Crippen molar-refractivity contribution in [3.8, 4) is 11.1 Å². The van der Waals surface area contributed by atoms with Gasteiger partial charge in [0, 0.05) is 24.2 Å². The van der Waals surface area contributed by atoms with Crippen LogP contribution in [0.2, 0.25) is 0 Å². The molecule has 1 aliphatic heterocycles. The summed E-state index contributed by atoms with van der Waals surface area (Å²) >= 11 is 3.50. The highest BCUT2D eigenvalue weighted by atomic mass is 79.9. The lowest BCUT2D eigenvalue weighted by atomic mass is 10.0. The van der Waals surface area contributed by atoms with E-state index >= 15 is 0 Å². The Morgan fingerprint density at radius 1 is 1.14 bits per heavy atom. The van der Waals surface area contributed by atoms with E-state index in [-0.39, 0.29) is 23.4 Å². The number of benzene rings is 2. The summed E-state index contributed by atoms with van der Waals surface area (Å²) in [5.41, 5.74) is 2.34. The Balaban J connectivity index is 2.17. The van der Waals surface area contributed by atoms with E-state index in [0.29, 0.717) is 21.4 Å². The van der Waals surface area contributed by atoms with E-state index < -0.39 is 15.9 Å². The number of hydrogen-bond donors (Lipinski definition) is 1. The molecular weight excluding hydrogens is 448 g/mol. The number of fused-ring (bicyclic) bond motifs is 1. The number of carbonyl (C=O) groups is 2. The molecule has 0 saturated heterocycles. The Morgan fingerprint density at radius 3 is 2.25 bits per heavy atom. The summed E-state index contributed by atoms with van der Waals surface area (Å²) in [4.78, 5) is 26.9. The van der Waals surface area contributed by atoms with Crippen molar-refractivity contribution in [2.75, 3.05) is 22.6 Å². The summed E-state index contributed by atoms with van der Waals surface area (Å²) in [6.07, 6.45) is 0.0380. The summed E-state index contributed by atoms with van der Waals surface area (Å²) < 4.78 is 24.0. The maximum atomic E-state index is 12.1. The normalized spacial score (nSPS) is 16.6. The minimum atomic E-state index is -3.31. The third-order valence-corrected chi connectivity index (χ3v) is 6.45. The van der Waals surface area contributed by atoms with Crippen LogP contribution in [0.1, 0.15) is 13.8 Å². The number of carbonyl (C=O) groups excluding carboxylic acids is 1. The van der Waals surface area contributed by atoms with Gasteiger partial charge in [-0.2, -0.15) is 0 Å². The SMILES string of the molecule is CC(=O)N1c2cc(Br)c(-c3ccc(S(C)(=O)=O)cc3)cc2N(C(=O)O)C[C@@H]1C. The smallest absolute Gasteiger partial charge is 0.411 e. The average molecular weight is 467 g/mol. The van der Waals surface area contributed by atoms with Crippen molar-refractivity contribution in [2.24, 2.45) is 0 Å². The molecule has 9 heteroatoms. The molecule has 3 rings (SSSR count). The summed E-state index contributed by atoms with van der Waals surface area (Å²) in [6.45, 7) is 3.41. The molecule has 0 radical (unpaired) electrons. The molecule has 2 amide bonds. The Morgan fingerprint density at radius 2 is 1.75 bits per heavy atom. The van der Waals surface area contributed by atoms with E-state index in [4.69, 9.17) is 0 Å². The molecule has 1 aliphatic rings. The van der Waals surface area contributed by atoms with Crippen molar-refractivity contribution in [2.45, 2.75) is 24.8 Å². The zero-order valence-corrected chi connectivity index (χ0v) is 17.9. The summed E-state index contributed by atoms with van der Waals surface area (Å²) in [5.74, 6) is -0.170. The predicted molar refractivity (Wildman–Crippen MR) is 111 cm³/mol. The molecule has 0 aliphatic carbocycles. The molecule has 0 spiro atoms. The number of sulfone groups is 1. The van der Waals surface area contributed by atoms with Crippen molar-refractivity contribution in [1.82, 2.24) is 0 Å². The number of rotatable bonds is 2. The highest BCUT2D eigenvalue weighted by Crippen LogP contribution is 2.43. The van der Waals surface area contributed by atoms with Gasteiger partial charge in [0.15, 0.2) is 9.84 Å². The molecule has 7 nitrogen and oxygen atoms in total. The van der Waals surface area contributed by atoms with Crippen LogP contribution < -0.4 is 9.80 Å². The summed E-state index contributed by atoms with van der Waals surface area (Å²) in [5, 5.41) is 9.63. The lowest BCUT2D eigenvalue weighted by molar-refractivity contribution is -0.117. The van der Waals surface area contributed by atoms with Gasteiger partial charge in [-0.25, -0.2) is 13.2 Å². The van der Waals surface area contributed by atoms with Crippen LogP contribution in [0.3, 0.4) is 0 Å². The molecule has 0 bridgehead atoms. The van der Waals surface area contributed by atoms with Crippen LogP contribution >= 0.6 is 15.9 Å². The van der Waals surface area contributed by atoms with Gasteiger partial charge in [0.25, 0.3) is 0 Å². The van der Waals surface area contributed by atoms with Crippen LogP contribution in [0.15, 0.2) is 45.8 Å². The van der Waals surface area contributed by atoms with Gasteiger partial charge >= 0.3 is 6.09 Å². The number of carboxylic acid groups (broad SMARTS) is 1. The van der Waals surface area contributed by atoms with Gasteiger partial charge in [-0.05, 0) is 42.3 Å². The fourth-order valence-electron chi connectivity index (χ4n) is 3.41. The first-order chi connectivity index (χ1) is 13.0. The van der Waals surface area contributed by atoms with Crippen molar-refractivity contribution in [3.05, 3.63) is 40.9 Å². The molecule has 0 saturated carbocycles. The maximum absolute atomic E-state index is 12.1. The second-order valence-corrected chi connectivity index (χ2v) is 9.62. The van der Waals surface area contributed by atoms with E-state index in [0.717, 1.165) is 11.8 Å². The second kappa shape index (κ2) is 7.21. The second-order valence-electron chi connectivity index (χ2n) is 6.75. The van der Waals surface area contributed by atoms with Crippen LogP contribution in [0.5, 0.6) is 0 Å². The quantitative estimate of drug-likeness (QED) is 0.726. The Kier molecular flexibility index (Phi) is 5.24. The minimum absolute atomic E-state index is 0.163. The number of hydrogen-bond acceptors (Lipinski definition) is 4. The molecule has 0 fully saturated rings. The van der Waals surface area contributed by atoms with E-state index in [1.165, 1.54) is 24.0 Å². The zero-order chi connectivity index (χ0) is 20.8. The topological polar surface area (TPSA) is 95.0 Å². The number of amides is 2. The monoisotopic (exact) mass is 466 g/mol. The van der Waals surface area contributed by atoms with Gasteiger partial charge in [0.1, 0.15) is 0 Å². The van der Waals surface area contributed by atoms with Gasteiger partial charge in [-0.3, -0.25) is 9.69 Å². The Labute approximate surface area is 171 Å². The number of anilines is 2. The average Bonchev–Trinajstić information content (AvgIpc) is 2.59. The molecule has 0 aromatic heterocycles. The Bertz CT molecular complexity index is 1070. The highest BCUT2D eigenvalue weighted by molar-refractivity contribution is 9.10. The van der Waals surface area contributed by atoms with Crippen LogP contribution in [-0.2, 0) is 14.6 Å². The zero-order valence-electron chi connectivity index (χ0n) is 15.5. The van der Waals surface area contributed by atoms with Crippen molar-refractivity contribution < 1.29 is 23.1 Å². The first-order valence-electron chi connectivity index (χ1n) is 8.45. The number of nitrogens with zero attached hydrogens (tertiary/aromatic N) is 2. The fourth-order valence-corrected chi connectivity index (χ4v) is 4.60. The first kappa shape index (κ1) is 20.3. The predicted octanol–water partition coefficient (Wildman–Crippen LogP) is 3.76. The van der Waals surface area contributed by atoms with E-state index in [2.05, 4.69) is 15.9 Å². The van der Waals surface area contributed by atoms with Crippen molar-refractivity contribution in [1.29, 1.82) is 0 Å². The van der Waals surface area contributed by atoms with E-state index in [1.54, 1.807) is 36.1 Å². The standard InChI is InChI=1S/C19H19BrN2O5S/c1-11-10-21(19(24)25)17-8-15(16(20)9-18(17)22(11)12(2)23)13-4-6-14(7-5-13)28(3,26)27/h4-9,11H,10H2,1-3H3,(H,24,25)/t11-/m0/s1. The minimum Gasteiger partial charge on any atom is -0.465 e. The summed E-state index contributed by atoms with van der Waals surface area (Å²) in [7, 11) is -3.31. The molecule has 28 heavy (non-hydrogen) atoms.